The first-order valence-electron chi connectivity index (χ1n) is 5.62. The van der Waals surface area contributed by atoms with Gasteiger partial charge in [-0.2, -0.15) is 0 Å². The van der Waals surface area contributed by atoms with E-state index >= 15 is 0 Å². The number of halogens is 2. The maximum Gasteiger partial charge on any atom is 0.0991 e. The van der Waals surface area contributed by atoms with Crippen LogP contribution in [0.15, 0.2) is 6.07 Å². The minimum absolute atomic E-state index is 0.124. The summed E-state index contributed by atoms with van der Waals surface area (Å²) in [6.45, 7) is 5.18. The molecule has 0 spiro atoms. The first kappa shape index (κ1) is 13.6. The summed E-state index contributed by atoms with van der Waals surface area (Å²) in [5.41, 5.74) is 6.74. The van der Waals surface area contributed by atoms with Gasteiger partial charge in [-0.1, -0.05) is 23.2 Å². The van der Waals surface area contributed by atoms with E-state index in [0.717, 1.165) is 33.9 Å². The molecule has 1 saturated heterocycles. The van der Waals surface area contributed by atoms with E-state index in [1.807, 2.05) is 6.07 Å². The van der Waals surface area contributed by atoms with Crippen LogP contribution in [0.4, 0.5) is 0 Å². The van der Waals surface area contributed by atoms with Crippen molar-refractivity contribution in [3.8, 4) is 0 Å². The third-order valence-corrected chi connectivity index (χ3v) is 4.63. The monoisotopic (exact) mass is 294 g/mol. The molecule has 0 radical (unpaired) electrons. The molecule has 1 fully saturated rings. The Morgan fingerprint density at radius 1 is 1.65 bits per heavy atom. The zero-order chi connectivity index (χ0) is 12.4. The molecule has 2 unspecified atom stereocenters. The Kier molecular flexibility index (Phi) is 4.69. The van der Waals surface area contributed by atoms with Gasteiger partial charge in [0.2, 0.25) is 0 Å². The summed E-state index contributed by atoms with van der Waals surface area (Å²) in [5.74, 6) is 0. The molecule has 96 valence electrons. The SMILES string of the molecule is CC(c1cc(Cl)sc1Cl)N1CCOC(CN)C1. The van der Waals surface area contributed by atoms with Gasteiger partial charge in [0.15, 0.2) is 0 Å². The topological polar surface area (TPSA) is 38.5 Å². The highest BCUT2D eigenvalue weighted by molar-refractivity contribution is 7.20. The van der Waals surface area contributed by atoms with Crippen molar-refractivity contribution in [3.05, 3.63) is 20.3 Å². The molecule has 0 aromatic carbocycles. The van der Waals surface area contributed by atoms with Crippen molar-refractivity contribution in [2.24, 2.45) is 5.73 Å². The molecule has 6 heteroatoms. The predicted octanol–water partition coefficient (Wildman–Crippen LogP) is 2.78. The third-order valence-electron chi connectivity index (χ3n) is 3.11. The molecule has 2 N–H and O–H groups in total. The summed E-state index contributed by atoms with van der Waals surface area (Å²) < 4.78 is 7.07. The van der Waals surface area contributed by atoms with E-state index < -0.39 is 0 Å². The van der Waals surface area contributed by atoms with Gasteiger partial charge in [0.1, 0.15) is 0 Å². The number of nitrogens with zero attached hydrogens (tertiary/aromatic N) is 1. The van der Waals surface area contributed by atoms with E-state index in [9.17, 15) is 0 Å². The van der Waals surface area contributed by atoms with Gasteiger partial charge in [0.05, 0.1) is 21.4 Å². The molecule has 1 aliphatic heterocycles. The van der Waals surface area contributed by atoms with Crippen LogP contribution in [0.5, 0.6) is 0 Å². The molecule has 0 saturated carbocycles. The smallest absolute Gasteiger partial charge is 0.0991 e. The summed E-state index contributed by atoms with van der Waals surface area (Å²) >= 11 is 13.6. The molecule has 1 aromatic heterocycles. The maximum absolute atomic E-state index is 6.18. The van der Waals surface area contributed by atoms with Crippen LogP contribution in [0.1, 0.15) is 18.5 Å². The van der Waals surface area contributed by atoms with Gasteiger partial charge in [-0.25, -0.2) is 0 Å². The van der Waals surface area contributed by atoms with Gasteiger partial charge in [-0.3, -0.25) is 4.90 Å². The quantitative estimate of drug-likeness (QED) is 0.932. The Morgan fingerprint density at radius 3 is 3.00 bits per heavy atom. The minimum atomic E-state index is 0.124. The largest absolute Gasteiger partial charge is 0.374 e. The first-order chi connectivity index (χ1) is 8.11. The highest BCUT2D eigenvalue weighted by Crippen LogP contribution is 2.37. The minimum Gasteiger partial charge on any atom is -0.374 e. The number of rotatable bonds is 3. The lowest BCUT2D eigenvalue weighted by molar-refractivity contribution is -0.0363. The molecule has 2 atom stereocenters. The number of thiophene rings is 1. The number of hydrogen-bond donors (Lipinski definition) is 1. The summed E-state index contributed by atoms with van der Waals surface area (Å²) in [4.78, 5) is 2.34. The summed E-state index contributed by atoms with van der Waals surface area (Å²) in [6, 6.07) is 2.20. The van der Waals surface area contributed by atoms with Crippen molar-refractivity contribution in [1.82, 2.24) is 4.90 Å². The zero-order valence-electron chi connectivity index (χ0n) is 9.66. The van der Waals surface area contributed by atoms with Crippen LogP contribution in [0.2, 0.25) is 8.67 Å². The number of morpholine rings is 1. The lowest BCUT2D eigenvalue weighted by atomic mass is 10.1. The van der Waals surface area contributed by atoms with Gasteiger partial charge in [-0.05, 0) is 13.0 Å². The van der Waals surface area contributed by atoms with Crippen molar-refractivity contribution in [3.63, 3.8) is 0 Å². The molecule has 2 heterocycles. The summed E-state index contributed by atoms with van der Waals surface area (Å²) in [6.07, 6.45) is 0.124. The van der Waals surface area contributed by atoms with E-state index in [0.29, 0.717) is 6.54 Å². The summed E-state index contributed by atoms with van der Waals surface area (Å²) in [7, 11) is 0. The van der Waals surface area contributed by atoms with Crippen molar-refractivity contribution in [1.29, 1.82) is 0 Å². The van der Waals surface area contributed by atoms with Gasteiger partial charge in [0.25, 0.3) is 0 Å². The van der Waals surface area contributed by atoms with Crippen molar-refractivity contribution in [2.45, 2.75) is 19.1 Å². The van der Waals surface area contributed by atoms with Crippen LogP contribution in [-0.4, -0.2) is 37.2 Å². The molecular formula is C11H16Cl2N2OS. The molecular weight excluding hydrogens is 279 g/mol. The highest BCUT2D eigenvalue weighted by atomic mass is 35.5. The number of hydrogen-bond acceptors (Lipinski definition) is 4. The molecule has 0 bridgehead atoms. The van der Waals surface area contributed by atoms with Gasteiger partial charge < -0.3 is 10.5 Å². The van der Waals surface area contributed by atoms with Crippen molar-refractivity contribution in [2.75, 3.05) is 26.2 Å². The van der Waals surface area contributed by atoms with E-state index in [1.165, 1.54) is 11.3 Å². The Bertz CT molecular complexity index is 386. The second kappa shape index (κ2) is 5.87. The Balaban J connectivity index is 2.08. The molecule has 1 aliphatic rings. The average Bonchev–Trinajstić information content (AvgIpc) is 2.67. The van der Waals surface area contributed by atoms with E-state index in [1.54, 1.807) is 0 Å². The van der Waals surface area contributed by atoms with Crippen LogP contribution in [0, 0.1) is 0 Å². The molecule has 0 aliphatic carbocycles. The fourth-order valence-corrected chi connectivity index (χ4v) is 3.70. The maximum atomic E-state index is 6.18. The molecule has 1 aromatic rings. The average molecular weight is 295 g/mol. The van der Waals surface area contributed by atoms with Crippen molar-refractivity contribution < 1.29 is 4.74 Å². The van der Waals surface area contributed by atoms with Gasteiger partial charge >= 0.3 is 0 Å². The summed E-state index contributed by atoms with van der Waals surface area (Å²) in [5, 5.41) is 0. The molecule has 2 rings (SSSR count). The predicted molar refractivity (Wildman–Crippen MR) is 73.1 cm³/mol. The molecule has 17 heavy (non-hydrogen) atoms. The van der Waals surface area contributed by atoms with E-state index in [2.05, 4.69) is 11.8 Å². The van der Waals surface area contributed by atoms with E-state index in [-0.39, 0.29) is 12.1 Å². The van der Waals surface area contributed by atoms with Crippen LogP contribution < -0.4 is 5.73 Å². The van der Waals surface area contributed by atoms with Crippen LogP contribution in [-0.2, 0) is 4.74 Å². The highest BCUT2D eigenvalue weighted by Gasteiger charge is 2.26. The van der Waals surface area contributed by atoms with Crippen LogP contribution >= 0.6 is 34.5 Å². The normalized spacial score (nSPS) is 23.9. The molecule has 3 nitrogen and oxygen atoms in total. The molecule has 0 amide bonds. The Morgan fingerprint density at radius 2 is 2.41 bits per heavy atom. The number of ether oxygens (including phenoxy) is 1. The first-order valence-corrected chi connectivity index (χ1v) is 7.19. The number of nitrogens with two attached hydrogens (primary N) is 1. The lowest BCUT2D eigenvalue weighted by Gasteiger charge is -2.36. The zero-order valence-corrected chi connectivity index (χ0v) is 12.0. The standard InChI is InChI=1S/C11H16Cl2N2OS/c1-7(9-4-10(12)17-11(9)13)15-2-3-16-8(5-14)6-15/h4,7-8H,2-3,5-6,14H2,1H3. The fraction of sp³-hybridized carbons (Fsp3) is 0.636. The van der Waals surface area contributed by atoms with Gasteiger partial charge in [0, 0.05) is 31.2 Å². The Hall–Kier alpha value is 0.160. The third kappa shape index (κ3) is 3.13. The van der Waals surface area contributed by atoms with Crippen LogP contribution in [0.25, 0.3) is 0 Å². The lowest BCUT2D eigenvalue weighted by Crippen LogP contribution is -2.46. The Labute approximate surface area is 115 Å². The fourth-order valence-electron chi connectivity index (χ4n) is 2.07. The van der Waals surface area contributed by atoms with Crippen molar-refractivity contribution >= 4 is 34.5 Å². The second-order valence-corrected chi connectivity index (χ2v) is 6.46. The van der Waals surface area contributed by atoms with Gasteiger partial charge in [-0.15, -0.1) is 11.3 Å². The van der Waals surface area contributed by atoms with E-state index in [4.69, 9.17) is 33.7 Å². The second-order valence-electron chi connectivity index (χ2n) is 4.18. The van der Waals surface area contributed by atoms with Crippen LogP contribution in [0.3, 0.4) is 0 Å².